The number of ether oxygens (including phenoxy) is 1. The van der Waals surface area contributed by atoms with E-state index in [1.807, 2.05) is 0 Å². The lowest BCUT2D eigenvalue weighted by Crippen LogP contribution is -2.21. The third-order valence-electron chi connectivity index (χ3n) is 3.38. The summed E-state index contributed by atoms with van der Waals surface area (Å²) in [5, 5.41) is 0. The second-order valence-corrected chi connectivity index (χ2v) is 3.87. The zero-order valence-corrected chi connectivity index (χ0v) is 7.43. The summed E-state index contributed by atoms with van der Waals surface area (Å²) in [6, 6.07) is 0. The van der Waals surface area contributed by atoms with Crippen LogP contribution in [0.5, 0.6) is 0 Å². The van der Waals surface area contributed by atoms with Gasteiger partial charge >= 0.3 is 5.97 Å². The Labute approximate surface area is 72.6 Å². The summed E-state index contributed by atoms with van der Waals surface area (Å²) in [4.78, 5) is 11.4. The first-order chi connectivity index (χ1) is 5.70. The molecule has 0 aromatic rings. The van der Waals surface area contributed by atoms with Gasteiger partial charge in [0.25, 0.3) is 0 Å². The van der Waals surface area contributed by atoms with Gasteiger partial charge in [-0.3, -0.25) is 4.79 Å². The van der Waals surface area contributed by atoms with Gasteiger partial charge in [0.15, 0.2) is 0 Å². The largest absolute Gasteiger partial charge is 0.469 e. The molecule has 0 unspecified atom stereocenters. The number of hydrogen-bond acceptors (Lipinski definition) is 2. The predicted molar refractivity (Wildman–Crippen MR) is 45.5 cm³/mol. The zero-order valence-electron chi connectivity index (χ0n) is 7.43. The Hall–Kier alpha value is -0.790. The van der Waals surface area contributed by atoms with E-state index in [2.05, 4.69) is 6.58 Å². The van der Waals surface area contributed by atoms with Gasteiger partial charge < -0.3 is 4.74 Å². The van der Waals surface area contributed by atoms with Gasteiger partial charge in [0.2, 0.25) is 0 Å². The van der Waals surface area contributed by atoms with Crippen LogP contribution >= 0.6 is 0 Å². The lowest BCUT2D eigenvalue weighted by atomic mass is 9.91. The zero-order chi connectivity index (χ0) is 8.77. The molecular weight excluding hydrogens is 152 g/mol. The van der Waals surface area contributed by atoms with E-state index in [-0.39, 0.29) is 17.3 Å². The summed E-state index contributed by atoms with van der Waals surface area (Å²) < 4.78 is 4.78. The number of rotatable bonds is 1. The van der Waals surface area contributed by atoms with Crippen LogP contribution in [-0.4, -0.2) is 13.1 Å². The second kappa shape index (κ2) is 2.35. The Morgan fingerprint density at radius 2 is 2.33 bits per heavy atom. The minimum absolute atomic E-state index is 0.0360. The maximum absolute atomic E-state index is 11.4. The standard InChI is InChI=1S/C10H14O2/c1-7-3-4-8(9(11)12-2)10(7)5-6-10/h8H,1,3-6H2,2H3/t8-/m1/s1. The molecule has 2 aliphatic rings. The number of allylic oxidation sites excluding steroid dienone is 1. The van der Waals surface area contributed by atoms with Gasteiger partial charge in [-0.15, -0.1) is 0 Å². The molecule has 2 aliphatic carbocycles. The normalized spacial score (nSPS) is 30.8. The first-order valence-corrected chi connectivity index (χ1v) is 4.47. The van der Waals surface area contributed by atoms with Crippen molar-refractivity contribution < 1.29 is 9.53 Å². The molecule has 1 spiro atoms. The third kappa shape index (κ3) is 0.838. The van der Waals surface area contributed by atoms with Crippen LogP contribution in [0.4, 0.5) is 0 Å². The fourth-order valence-electron chi connectivity index (χ4n) is 2.41. The molecule has 0 heterocycles. The Bertz CT molecular complexity index is 238. The summed E-state index contributed by atoms with van der Waals surface area (Å²) in [6.07, 6.45) is 4.25. The molecular formula is C10H14O2. The molecule has 2 heteroatoms. The van der Waals surface area contributed by atoms with Crippen LogP contribution < -0.4 is 0 Å². The molecule has 1 atom stereocenters. The minimum Gasteiger partial charge on any atom is -0.469 e. The molecule has 0 amide bonds. The van der Waals surface area contributed by atoms with Gasteiger partial charge in [-0.05, 0) is 25.7 Å². The molecule has 0 N–H and O–H groups in total. The van der Waals surface area contributed by atoms with E-state index in [9.17, 15) is 4.79 Å². The van der Waals surface area contributed by atoms with Crippen LogP contribution in [-0.2, 0) is 9.53 Å². The van der Waals surface area contributed by atoms with E-state index in [4.69, 9.17) is 4.74 Å². The molecule has 2 nitrogen and oxygen atoms in total. The second-order valence-electron chi connectivity index (χ2n) is 3.87. The van der Waals surface area contributed by atoms with Crippen molar-refractivity contribution in [1.29, 1.82) is 0 Å². The van der Waals surface area contributed by atoms with Gasteiger partial charge in [0.05, 0.1) is 13.0 Å². The van der Waals surface area contributed by atoms with E-state index in [0.29, 0.717) is 0 Å². The predicted octanol–water partition coefficient (Wildman–Crippen LogP) is 1.91. The molecule has 2 rings (SSSR count). The third-order valence-corrected chi connectivity index (χ3v) is 3.38. The Morgan fingerprint density at radius 1 is 1.67 bits per heavy atom. The molecule has 66 valence electrons. The summed E-state index contributed by atoms with van der Waals surface area (Å²) in [7, 11) is 1.47. The monoisotopic (exact) mass is 166 g/mol. The van der Waals surface area contributed by atoms with Crippen LogP contribution in [0, 0.1) is 11.3 Å². The van der Waals surface area contributed by atoms with E-state index in [1.54, 1.807) is 0 Å². The van der Waals surface area contributed by atoms with Crippen LogP contribution in [0.3, 0.4) is 0 Å². The fraction of sp³-hybridized carbons (Fsp3) is 0.700. The van der Waals surface area contributed by atoms with Gasteiger partial charge in [0, 0.05) is 5.41 Å². The number of hydrogen-bond donors (Lipinski definition) is 0. The molecule has 2 fully saturated rings. The topological polar surface area (TPSA) is 26.3 Å². The highest BCUT2D eigenvalue weighted by atomic mass is 16.5. The number of esters is 1. The van der Waals surface area contributed by atoms with Crippen molar-refractivity contribution in [2.24, 2.45) is 11.3 Å². The maximum atomic E-state index is 11.4. The summed E-state index contributed by atoms with van der Waals surface area (Å²) in [5.74, 6) is 0.0844. The van der Waals surface area contributed by atoms with Crippen molar-refractivity contribution in [3.05, 3.63) is 12.2 Å². The highest BCUT2D eigenvalue weighted by Crippen LogP contribution is 2.63. The number of carbonyl (C=O) groups is 1. The van der Waals surface area contributed by atoms with Gasteiger partial charge in [0.1, 0.15) is 0 Å². The molecule has 0 saturated heterocycles. The SMILES string of the molecule is C=C1CC[C@H](C(=O)OC)C12CC2. The first-order valence-electron chi connectivity index (χ1n) is 4.47. The summed E-state index contributed by atoms with van der Waals surface area (Å²) in [6.45, 7) is 4.03. The Morgan fingerprint density at radius 3 is 2.83 bits per heavy atom. The summed E-state index contributed by atoms with van der Waals surface area (Å²) in [5.41, 5.74) is 1.45. The maximum Gasteiger partial charge on any atom is 0.309 e. The lowest BCUT2D eigenvalue weighted by Gasteiger charge is -2.15. The Kier molecular flexibility index (Phi) is 1.53. The van der Waals surface area contributed by atoms with Crippen molar-refractivity contribution in [3.8, 4) is 0 Å². The summed E-state index contributed by atoms with van der Waals surface area (Å²) >= 11 is 0. The van der Waals surface area contributed by atoms with Gasteiger partial charge in [-0.2, -0.15) is 0 Å². The highest BCUT2D eigenvalue weighted by Gasteiger charge is 2.57. The van der Waals surface area contributed by atoms with E-state index in [1.165, 1.54) is 12.7 Å². The van der Waals surface area contributed by atoms with Crippen LogP contribution in [0.2, 0.25) is 0 Å². The molecule has 12 heavy (non-hydrogen) atoms. The average Bonchev–Trinajstić information content (AvgIpc) is 2.78. The van der Waals surface area contributed by atoms with E-state index in [0.717, 1.165) is 25.7 Å². The van der Waals surface area contributed by atoms with Crippen molar-refractivity contribution in [2.75, 3.05) is 7.11 Å². The van der Waals surface area contributed by atoms with Crippen LogP contribution in [0.15, 0.2) is 12.2 Å². The van der Waals surface area contributed by atoms with Crippen LogP contribution in [0.1, 0.15) is 25.7 Å². The van der Waals surface area contributed by atoms with Crippen molar-refractivity contribution in [2.45, 2.75) is 25.7 Å². The van der Waals surface area contributed by atoms with E-state index < -0.39 is 0 Å². The number of carbonyl (C=O) groups excluding carboxylic acids is 1. The van der Waals surface area contributed by atoms with Crippen LogP contribution in [0.25, 0.3) is 0 Å². The highest BCUT2D eigenvalue weighted by molar-refractivity contribution is 5.75. The Balaban J connectivity index is 2.18. The first kappa shape index (κ1) is 7.84. The van der Waals surface area contributed by atoms with Crippen molar-refractivity contribution >= 4 is 5.97 Å². The molecule has 0 aromatic heterocycles. The molecule has 2 saturated carbocycles. The van der Waals surface area contributed by atoms with Crippen molar-refractivity contribution in [3.63, 3.8) is 0 Å². The fourth-order valence-corrected chi connectivity index (χ4v) is 2.41. The number of methoxy groups -OCH3 is 1. The molecule has 0 aliphatic heterocycles. The lowest BCUT2D eigenvalue weighted by molar-refractivity contribution is -0.146. The van der Waals surface area contributed by atoms with Crippen molar-refractivity contribution in [1.82, 2.24) is 0 Å². The van der Waals surface area contributed by atoms with E-state index >= 15 is 0 Å². The molecule has 0 bridgehead atoms. The average molecular weight is 166 g/mol. The quantitative estimate of drug-likeness (QED) is 0.439. The smallest absolute Gasteiger partial charge is 0.309 e. The molecule has 0 aromatic carbocycles. The minimum atomic E-state index is -0.0360. The van der Waals surface area contributed by atoms with Gasteiger partial charge in [-0.25, -0.2) is 0 Å². The molecule has 0 radical (unpaired) electrons. The van der Waals surface area contributed by atoms with Gasteiger partial charge in [-0.1, -0.05) is 12.2 Å².